The molecule has 2 aliphatic rings. The standard InChI is InChI=1S/C37H29NO2/c1-22(2)34-24-20-19-23(35-25-11-3-7-15-30(25)39-31-16-8-4-12-26(31)35)21-29(24)38-37(34)36-27-13-5-9-17-32(27)40-33-18-10-6-14-28(33)36/h3-22,35-36,38H,1-2H3. The molecule has 0 aliphatic carbocycles. The lowest BCUT2D eigenvalue weighted by molar-refractivity contribution is 0.451. The highest BCUT2D eigenvalue weighted by atomic mass is 16.5. The van der Waals surface area contributed by atoms with Crippen LogP contribution in [0.2, 0.25) is 0 Å². The van der Waals surface area contributed by atoms with Gasteiger partial charge in [0.05, 0.1) is 5.92 Å². The number of hydrogen-bond acceptors (Lipinski definition) is 2. The number of fused-ring (bicyclic) bond motifs is 5. The van der Waals surface area contributed by atoms with Gasteiger partial charge in [0.25, 0.3) is 0 Å². The summed E-state index contributed by atoms with van der Waals surface area (Å²) < 4.78 is 12.6. The average Bonchev–Trinajstić information content (AvgIpc) is 3.37. The quantitative estimate of drug-likeness (QED) is 0.252. The van der Waals surface area contributed by atoms with Crippen LogP contribution in [0.15, 0.2) is 115 Å². The zero-order chi connectivity index (χ0) is 26.8. The molecule has 0 saturated carbocycles. The zero-order valence-electron chi connectivity index (χ0n) is 22.5. The van der Waals surface area contributed by atoms with Crippen LogP contribution in [0, 0.1) is 0 Å². The fourth-order valence-electron chi connectivity index (χ4n) is 6.78. The van der Waals surface area contributed by atoms with Gasteiger partial charge in [0.2, 0.25) is 0 Å². The minimum Gasteiger partial charge on any atom is -0.457 e. The van der Waals surface area contributed by atoms with E-state index in [4.69, 9.17) is 9.47 Å². The van der Waals surface area contributed by atoms with Crippen LogP contribution in [0.3, 0.4) is 0 Å². The van der Waals surface area contributed by atoms with Crippen LogP contribution in [0.5, 0.6) is 23.0 Å². The minimum absolute atomic E-state index is 0.0685. The van der Waals surface area contributed by atoms with E-state index in [1.807, 2.05) is 24.3 Å². The van der Waals surface area contributed by atoms with Gasteiger partial charge in [-0.2, -0.15) is 0 Å². The number of aromatic nitrogens is 1. The Hall–Kier alpha value is -4.76. The molecular weight excluding hydrogens is 490 g/mol. The van der Waals surface area contributed by atoms with Gasteiger partial charge in [0.15, 0.2) is 0 Å². The second-order valence-electron chi connectivity index (χ2n) is 11.1. The van der Waals surface area contributed by atoms with E-state index in [2.05, 4.69) is 110 Å². The van der Waals surface area contributed by atoms with Crippen molar-refractivity contribution in [2.45, 2.75) is 31.6 Å². The molecule has 1 aromatic heterocycles. The van der Waals surface area contributed by atoms with E-state index in [-0.39, 0.29) is 11.8 Å². The maximum Gasteiger partial charge on any atom is 0.131 e. The van der Waals surface area contributed by atoms with Gasteiger partial charge >= 0.3 is 0 Å². The molecule has 0 saturated heterocycles. The Morgan fingerprint density at radius 1 is 0.550 bits per heavy atom. The lowest BCUT2D eigenvalue weighted by Crippen LogP contribution is -2.13. The second-order valence-corrected chi connectivity index (χ2v) is 11.1. The predicted molar refractivity (Wildman–Crippen MR) is 160 cm³/mol. The molecule has 6 aromatic rings. The van der Waals surface area contributed by atoms with Crippen molar-refractivity contribution < 1.29 is 9.47 Å². The van der Waals surface area contributed by atoms with Gasteiger partial charge in [-0.3, -0.25) is 0 Å². The van der Waals surface area contributed by atoms with Crippen molar-refractivity contribution in [1.82, 2.24) is 4.98 Å². The fraction of sp³-hybridized carbons (Fsp3) is 0.135. The Morgan fingerprint density at radius 3 is 1.48 bits per heavy atom. The molecule has 0 unspecified atom stereocenters. The molecule has 0 bridgehead atoms. The van der Waals surface area contributed by atoms with Crippen LogP contribution >= 0.6 is 0 Å². The number of rotatable bonds is 3. The SMILES string of the molecule is CC(C)c1c(C2c3ccccc3Oc3ccccc32)[nH]c2cc(C3c4ccccc4Oc4ccccc43)ccc12. The molecule has 40 heavy (non-hydrogen) atoms. The van der Waals surface area contributed by atoms with Crippen LogP contribution in [-0.4, -0.2) is 4.98 Å². The molecule has 1 N–H and O–H groups in total. The second kappa shape index (κ2) is 8.89. The first-order valence-corrected chi connectivity index (χ1v) is 14.0. The molecule has 8 rings (SSSR count). The van der Waals surface area contributed by atoms with Gasteiger partial charge in [-0.25, -0.2) is 0 Å². The molecule has 0 radical (unpaired) electrons. The number of nitrogens with one attached hydrogen (secondary N) is 1. The van der Waals surface area contributed by atoms with Gasteiger partial charge in [-0.05, 0) is 47.4 Å². The van der Waals surface area contributed by atoms with E-state index in [1.54, 1.807) is 0 Å². The smallest absolute Gasteiger partial charge is 0.131 e. The van der Waals surface area contributed by atoms with Crippen LogP contribution in [0.4, 0.5) is 0 Å². The van der Waals surface area contributed by atoms with Crippen molar-refractivity contribution in [3.8, 4) is 23.0 Å². The number of aromatic amines is 1. The molecule has 194 valence electrons. The molecule has 3 nitrogen and oxygen atoms in total. The normalized spacial score (nSPS) is 14.2. The third-order valence-electron chi connectivity index (χ3n) is 8.45. The summed E-state index contributed by atoms with van der Waals surface area (Å²) in [5.41, 5.74) is 9.83. The maximum absolute atomic E-state index is 6.34. The minimum atomic E-state index is 0.0685. The summed E-state index contributed by atoms with van der Waals surface area (Å²) in [6.45, 7) is 4.59. The van der Waals surface area contributed by atoms with Gasteiger partial charge in [0.1, 0.15) is 23.0 Å². The third-order valence-corrected chi connectivity index (χ3v) is 8.45. The van der Waals surface area contributed by atoms with Crippen molar-refractivity contribution in [2.24, 2.45) is 0 Å². The first-order valence-electron chi connectivity index (χ1n) is 14.0. The van der Waals surface area contributed by atoms with E-state index in [1.165, 1.54) is 50.0 Å². The van der Waals surface area contributed by atoms with Crippen molar-refractivity contribution in [2.75, 3.05) is 0 Å². The van der Waals surface area contributed by atoms with E-state index in [9.17, 15) is 0 Å². The summed E-state index contributed by atoms with van der Waals surface area (Å²) in [7, 11) is 0. The van der Waals surface area contributed by atoms with Gasteiger partial charge in [-0.15, -0.1) is 0 Å². The number of H-pyrrole nitrogens is 1. The van der Waals surface area contributed by atoms with Crippen molar-refractivity contribution in [3.05, 3.63) is 154 Å². The topological polar surface area (TPSA) is 34.2 Å². The Balaban J connectivity index is 1.34. The first-order chi connectivity index (χ1) is 19.7. The summed E-state index contributed by atoms with van der Waals surface area (Å²) in [5, 5.41) is 1.28. The maximum atomic E-state index is 6.34. The van der Waals surface area contributed by atoms with Crippen molar-refractivity contribution in [1.29, 1.82) is 0 Å². The first kappa shape index (κ1) is 23.2. The predicted octanol–water partition coefficient (Wildman–Crippen LogP) is 9.86. The molecule has 3 heteroatoms. The van der Waals surface area contributed by atoms with E-state index >= 15 is 0 Å². The van der Waals surface area contributed by atoms with E-state index < -0.39 is 0 Å². The van der Waals surface area contributed by atoms with Crippen LogP contribution < -0.4 is 9.47 Å². The molecule has 0 fully saturated rings. The highest BCUT2D eigenvalue weighted by molar-refractivity contribution is 5.87. The average molecular weight is 520 g/mol. The number of benzene rings is 5. The largest absolute Gasteiger partial charge is 0.457 e. The molecule has 5 aromatic carbocycles. The number of ether oxygens (including phenoxy) is 2. The third kappa shape index (κ3) is 3.44. The Bertz CT molecular complexity index is 1820. The van der Waals surface area contributed by atoms with Gasteiger partial charge in [0, 0.05) is 44.8 Å². The summed E-state index contributed by atoms with van der Waals surface area (Å²) >= 11 is 0. The molecule has 0 spiro atoms. The highest BCUT2D eigenvalue weighted by Gasteiger charge is 2.33. The summed E-state index contributed by atoms with van der Waals surface area (Å²) in [5.74, 6) is 4.23. The van der Waals surface area contributed by atoms with Gasteiger partial charge < -0.3 is 14.5 Å². The molecule has 3 heterocycles. The molecule has 0 atom stereocenters. The summed E-state index contributed by atoms with van der Waals surface area (Å²) in [6.07, 6.45) is 0. The number of para-hydroxylation sites is 4. The fourth-order valence-corrected chi connectivity index (χ4v) is 6.78. The molecule has 2 aliphatic heterocycles. The van der Waals surface area contributed by atoms with Crippen LogP contribution in [0.1, 0.15) is 70.7 Å². The zero-order valence-corrected chi connectivity index (χ0v) is 22.5. The van der Waals surface area contributed by atoms with Crippen molar-refractivity contribution in [3.63, 3.8) is 0 Å². The van der Waals surface area contributed by atoms with Crippen LogP contribution in [0.25, 0.3) is 10.9 Å². The van der Waals surface area contributed by atoms with E-state index in [0.717, 1.165) is 23.0 Å². The Morgan fingerprint density at radius 2 is 1.00 bits per heavy atom. The Kier molecular flexibility index (Phi) is 5.15. The van der Waals surface area contributed by atoms with Crippen molar-refractivity contribution >= 4 is 10.9 Å². The van der Waals surface area contributed by atoms with Gasteiger partial charge in [-0.1, -0.05) is 98.8 Å². The monoisotopic (exact) mass is 519 g/mol. The van der Waals surface area contributed by atoms with E-state index in [0.29, 0.717) is 5.92 Å². The Labute approximate surface area is 234 Å². The molecular formula is C37H29NO2. The summed E-state index contributed by atoms with van der Waals surface area (Å²) in [4.78, 5) is 3.94. The highest BCUT2D eigenvalue weighted by Crippen LogP contribution is 2.51. The summed E-state index contributed by atoms with van der Waals surface area (Å²) in [6, 6.07) is 40.7. The van der Waals surface area contributed by atoms with Crippen LogP contribution in [-0.2, 0) is 0 Å². The molecule has 0 amide bonds. The lowest BCUT2D eigenvalue weighted by Gasteiger charge is -2.29. The lowest BCUT2D eigenvalue weighted by atomic mass is 9.81. The number of hydrogen-bond donors (Lipinski definition) is 1.